The summed E-state index contributed by atoms with van der Waals surface area (Å²) in [6.07, 6.45) is -4.15. The first-order valence-electron chi connectivity index (χ1n) is 5.81. The third-order valence-electron chi connectivity index (χ3n) is 3.15. The molecule has 4 unspecified atom stereocenters. The van der Waals surface area contributed by atoms with Gasteiger partial charge in [0.15, 0.2) is 12.4 Å². The lowest BCUT2D eigenvalue weighted by atomic mass is 9.92. The van der Waals surface area contributed by atoms with Gasteiger partial charge in [-0.25, -0.2) is 4.79 Å². The summed E-state index contributed by atoms with van der Waals surface area (Å²) in [6.45, 7) is 1.86. The molecule has 9 nitrogen and oxygen atoms in total. The van der Waals surface area contributed by atoms with Crippen LogP contribution in [0.1, 0.15) is 6.92 Å². The molecule has 0 aromatic heterocycles. The summed E-state index contributed by atoms with van der Waals surface area (Å²) in [5, 5.41) is 13.6. The van der Waals surface area contributed by atoms with Crippen LogP contribution in [0.4, 0.5) is 0 Å². The van der Waals surface area contributed by atoms with E-state index >= 15 is 0 Å². The highest BCUT2D eigenvalue weighted by Gasteiger charge is 2.50. The molecule has 0 spiro atoms. The summed E-state index contributed by atoms with van der Waals surface area (Å²) in [4.78, 5) is 14.2. The van der Waals surface area contributed by atoms with Crippen molar-refractivity contribution in [3.63, 3.8) is 0 Å². The van der Waals surface area contributed by atoms with Crippen LogP contribution in [0.25, 0.3) is 10.4 Å². The topological polar surface area (TPSA) is 123 Å². The van der Waals surface area contributed by atoms with Crippen molar-refractivity contribution in [3.05, 3.63) is 10.4 Å². The Labute approximate surface area is 109 Å². The van der Waals surface area contributed by atoms with Crippen molar-refractivity contribution in [2.45, 2.75) is 43.7 Å². The third-order valence-corrected chi connectivity index (χ3v) is 3.15. The minimum Gasteiger partial charge on any atom is -0.467 e. The number of aliphatic hydroxyl groups excluding tert-OH is 1. The van der Waals surface area contributed by atoms with Crippen molar-refractivity contribution < 1.29 is 28.8 Å². The zero-order valence-corrected chi connectivity index (χ0v) is 10.5. The van der Waals surface area contributed by atoms with Crippen LogP contribution in [-0.4, -0.2) is 61.5 Å². The van der Waals surface area contributed by atoms with E-state index in [1.165, 1.54) is 7.11 Å². The molecular formula is C10H15N3O6. The predicted octanol–water partition coefficient (Wildman–Crippen LogP) is -0.272. The number of fused-ring (bicyclic) bond motifs is 1. The van der Waals surface area contributed by atoms with Crippen molar-refractivity contribution in [3.8, 4) is 0 Å². The molecule has 0 aliphatic carbocycles. The van der Waals surface area contributed by atoms with Crippen LogP contribution < -0.4 is 0 Å². The van der Waals surface area contributed by atoms with Crippen molar-refractivity contribution in [1.82, 2.24) is 0 Å². The molecule has 19 heavy (non-hydrogen) atoms. The van der Waals surface area contributed by atoms with Crippen molar-refractivity contribution in [1.29, 1.82) is 0 Å². The Kier molecular flexibility index (Phi) is 4.23. The Bertz CT molecular complexity index is 399. The average molecular weight is 273 g/mol. The number of ether oxygens (including phenoxy) is 4. The number of esters is 1. The lowest BCUT2D eigenvalue weighted by Gasteiger charge is -2.45. The highest BCUT2D eigenvalue weighted by molar-refractivity contribution is 5.76. The molecule has 0 aromatic carbocycles. The summed E-state index contributed by atoms with van der Waals surface area (Å²) in [7, 11) is 1.19. The van der Waals surface area contributed by atoms with Gasteiger partial charge in [0.1, 0.15) is 18.2 Å². The molecule has 2 fully saturated rings. The molecule has 2 aliphatic rings. The first-order chi connectivity index (χ1) is 9.08. The molecule has 2 heterocycles. The molecule has 0 aromatic rings. The number of rotatable bonds is 2. The highest BCUT2D eigenvalue weighted by Crippen LogP contribution is 2.30. The Morgan fingerprint density at radius 3 is 2.89 bits per heavy atom. The van der Waals surface area contributed by atoms with Crippen molar-refractivity contribution in [2.75, 3.05) is 13.7 Å². The molecule has 0 radical (unpaired) electrons. The molecule has 0 saturated carbocycles. The van der Waals surface area contributed by atoms with Gasteiger partial charge in [-0.15, -0.1) is 0 Å². The fourth-order valence-electron chi connectivity index (χ4n) is 2.23. The molecule has 2 rings (SSSR count). The number of nitrogens with zero attached hydrogens (tertiary/aromatic N) is 3. The molecule has 6 atom stereocenters. The van der Waals surface area contributed by atoms with E-state index in [4.69, 9.17) is 19.7 Å². The van der Waals surface area contributed by atoms with Crippen LogP contribution in [0.5, 0.6) is 0 Å². The smallest absolute Gasteiger partial charge is 0.335 e. The van der Waals surface area contributed by atoms with E-state index in [9.17, 15) is 9.90 Å². The molecular weight excluding hydrogens is 258 g/mol. The van der Waals surface area contributed by atoms with Gasteiger partial charge in [-0.1, -0.05) is 5.11 Å². The fourth-order valence-corrected chi connectivity index (χ4v) is 2.23. The van der Waals surface area contributed by atoms with Gasteiger partial charge >= 0.3 is 5.97 Å². The van der Waals surface area contributed by atoms with Crippen LogP contribution in [0, 0.1) is 0 Å². The Morgan fingerprint density at radius 1 is 1.53 bits per heavy atom. The molecule has 2 aliphatic heterocycles. The summed E-state index contributed by atoms with van der Waals surface area (Å²) >= 11 is 0. The van der Waals surface area contributed by atoms with E-state index in [0.717, 1.165) is 0 Å². The van der Waals surface area contributed by atoms with E-state index in [0.29, 0.717) is 0 Å². The normalized spacial score (nSPS) is 41.8. The second-order valence-electron chi connectivity index (χ2n) is 4.31. The maximum absolute atomic E-state index is 11.6. The second-order valence-corrected chi connectivity index (χ2v) is 4.31. The minimum absolute atomic E-state index is 0.180. The number of carbonyl (C=O) groups excluding carboxylic acids is 1. The van der Waals surface area contributed by atoms with Crippen LogP contribution in [0.3, 0.4) is 0 Å². The number of hydrogen-bond donors (Lipinski definition) is 1. The van der Waals surface area contributed by atoms with Crippen LogP contribution >= 0.6 is 0 Å². The predicted molar refractivity (Wildman–Crippen MR) is 59.9 cm³/mol. The van der Waals surface area contributed by atoms with E-state index < -0.39 is 42.7 Å². The Hall–Kier alpha value is -1.38. The zero-order valence-electron chi connectivity index (χ0n) is 10.5. The fraction of sp³-hybridized carbons (Fsp3) is 0.900. The molecule has 2 saturated heterocycles. The summed E-state index contributed by atoms with van der Waals surface area (Å²) in [6, 6.07) is -1.09. The van der Waals surface area contributed by atoms with Gasteiger partial charge < -0.3 is 24.1 Å². The minimum atomic E-state index is -1.17. The summed E-state index contributed by atoms with van der Waals surface area (Å²) in [5.74, 6) is -0.714. The Morgan fingerprint density at radius 2 is 2.26 bits per heavy atom. The van der Waals surface area contributed by atoms with E-state index in [1.54, 1.807) is 6.92 Å². The lowest BCUT2D eigenvalue weighted by Crippen LogP contribution is -2.63. The van der Waals surface area contributed by atoms with Crippen molar-refractivity contribution >= 4 is 5.97 Å². The van der Waals surface area contributed by atoms with Gasteiger partial charge in [-0.05, 0) is 12.5 Å². The highest BCUT2D eigenvalue weighted by atomic mass is 16.7. The first-order valence-corrected chi connectivity index (χ1v) is 5.81. The summed E-state index contributed by atoms with van der Waals surface area (Å²) < 4.78 is 20.7. The number of methoxy groups -OCH3 is 1. The second kappa shape index (κ2) is 5.72. The number of azide groups is 1. The molecule has 0 amide bonds. The molecule has 106 valence electrons. The quantitative estimate of drug-likeness (QED) is 0.319. The molecule has 0 bridgehead atoms. The number of carbonyl (C=O) groups is 1. The maximum atomic E-state index is 11.6. The van der Waals surface area contributed by atoms with Gasteiger partial charge in [0, 0.05) is 4.91 Å². The standard InChI is InChI=1S/C10H15N3O6/c1-4-17-3-5-8(18-4)7(14)6(12-13-11)9(19-5)10(15)16-2/h4-9,14H,3H2,1-2H3/t4?,5?,6?,7-,8-,9?/m1/s1. The van der Waals surface area contributed by atoms with Gasteiger partial charge in [0.2, 0.25) is 0 Å². The van der Waals surface area contributed by atoms with E-state index in [1.807, 2.05) is 0 Å². The largest absolute Gasteiger partial charge is 0.467 e. The van der Waals surface area contributed by atoms with E-state index in [2.05, 4.69) is 14.8 Å². The number of hydrogen-bond acceptors (Lipinski definition) is 7. The van der Waals surface area contributed by atoms with Crippen LogP contribution in [0.2, 0.25) is 0 Å². The third kappa shape index (κ3) is 2.65. The van der Waals surface area contributed by atoms with Crippen LogP contribution in [-0.2, 0) is 23.7 Å². The van der Waals surface area contributed by atoms with Gasteiger partial charge in [0.25, 0.3) is 0 Å². The molecule has 9 heteroatoms. The van der Waals surface area contributed by atoms with Gasteiger partial charge in [0.05, 0.1) is 19.8 Å². The SMILES string of the molecule is COC(=O)C1OC2COC(C)O[C@H]2[C@H](O)C1N=[N+]=[N-]. The lowest BCUT2D eigenvalue weighted by molar-refractivity contribution is -0.302. The van der Waals surface area contributed by atoms with Crippen molar-refractivity contribution in [2.24, 2.45) is 5.11 Å². The van der Waals surface area contributed by atoms with Crippen LogP contribution in [0.15, 0.2) is 5.11 Å². The van der Waals surface area contributed by atoms with E-state index in [-0.39, 0.29) is 6.61 Å². The summed E-state index contributed by atoms with van der Waals surface area (Å²) in [5.41, 5.74) is 8.53. The zero-order chi connectivity index (χ0) is 14.0. The molecule has 1 N–H and O–H groups in total. The van der Waals surface area contributed by atoms with Gasteiger partial charge in [-0.3, -0.25) is 0 Å². The number of aliphatic hydroxyl groups is 1. The van der Waals surface area contributed by atoms with Gasteiger partial charge in [-0.2, -0.15) is 0 Å². The first kappa shape index (κ1) is 14.0. The maximum Gasteiger partial charge on any atom is 0.335 e. The monoisotopic (exact) mass is 273 g/mol. The Balaban J connectivity index is 2.23. The average Bonchev–Trinajstić information content (AvgIpc) is 2.41.